The number of hydrogen-bond donors (Lipinski definition) is 0. The topological polar surface area (TPSA) is 44.9 Å². The summed E-state index contributed by atoms with van der Waals surface area (Å²) in [5.41, 5.74) is 0.269. The first kappa shape index (κ1) is 14.1. The van der Waals surface area contributed by atoms with Crippen LogP contribution in [0.15, 0.2) is 35.3 Å². The smallest absolute Gasteiger partial charge is 0.331 e. The number of aliphatic imine (C=N–C) groups is 1. The van der Waals surface area contributed by atoms with Gasteiger partial charge in [-0.05, 0) is 38.0 Å². The van der Waals surface area contributed by atoms with E-state index >= 15 is 0 Å². The van der Waals surface area contributed by atoms with Crippen molar-refractivity contribution in [1.82, 2.24) is 9.80 Å². The summed E-state index contributed by atoms with van der Waals surface area (Å²) in [5.74, 6) is 1.42. The summed E-state index contributed by atoms with van der Waals surface area (Å²) in [7, 11) is 2.13. The Labute approximate surface area is 125 Å². The molecule has 2 aliphatic rings. The van der Waals surface area contributed by atoms with Crippen LogP contribution in [0.2, 0.25) is 0 Å². The van der Waals surface area contributed by atoms with Crippen LogP contribution in [-0.4, -0.2) is 65.0 Å². The maximum atomic E-state index is 12.7. The molecule has 2 aliphatic heterocycles. The highest BCUT2D eigenvalue weighted by atomic mass is 16.5. The van der Waals surface area contributed by atoms with Crippen LogP contribution in [0.1, 0.15) is 19.4 Å². The van der Waals surface area contributed by atoms with Gasteiger partial charge in [-0.1, -0.05) is 18.2 Å². The Balaban J connectivity index is 1.93. The number of benzene rings is 1. The number of hydroxylamine groups is 1. The molecule has 1 saturated heterocycles. The second-order valence-corrected chi connectivity index (χ2v) is 6.27. The van der Waals surface area contributed by atoms with Crippen molar-refractivity contribution in [2.75, 3.05) is 33.2 Å². The van der Waals surface area contributed by atoms with Gasteiger partial charge in [-0.2, -0.15) is 0 Å². The average molecular weight is 286 g/mol. The molecule has 5 heteroatoms. The summed E-state index contributed by atoms with van der Waals surface area (Å²) >= 11 is 0. The third-order valence-corrected chi connectivity index (χ3v) is 4.29. The molecule has 0 bridgehead atoms. The van der Waals surface area contributed by atoms with Gasteiger partial charge in [0, 0.05) is 26.2 Å². The van der Waals surface area contributed by atoms with Gasteiger partial charge in [-0.15, -0.1) is 0 Å². The molecule has 0 N–H and O–H groups in total. The molecule has 1 fully saturated rings. The summed E-state index contributed by atoms with van der Waals surface area (Å²) in [6.45, 7) is 7.77. The molecule has 0 aliphatic carbocycles. The predicted molar refractivity (Wildman–Crippen MR) is 84.8 cm³/mol. The molecule has 0 atom stereocenters. The number of nitrogens with zero attached hydrogens (tertiary/aromatic N) is 4. The summed E-state index contributed by atoms with van der Waals surface area (Å²) in [4.78, 5) is 9.25. The van der Waals surface area contributed by atoms with Crippen molar-refractivity contribution in [2.45, 2.75) is 19.4 Å². The fourth-order valence-corrected chi connectivity index (χ4v) is 2.88. The monoisotopic (exact) mass is 286 g/mol. The molecule has 112 valence electrons. The van der Waals surface area contributed by atoms with Crippen molar-refractivity contribution in [2.24, 2.45) is 4.99 Å². The Morgan fingerprint density at radius 1 is 1.10 bits per heavy atom. The molecule has 0 aromatic heterocycles. The lowest BCUT2D eigenvalue weighted by Gasteiger charge is -2.36. The third kappa shape index (κ3) is 2.42. The Morgan fingerprint density at radius 3 is 2.33 bits per heavy atom. The predicted octanol–water partition coefficient (Wildman–Crippen LogP) is 1.38. The molecular formula is C16H22N4O. The molecule has 1 aromatic carbocycles. The van der Waals surface area contributed by atoms with Crippen LogP contribution in [0.3, 0.4) is 0 Å². The van der Waals surface area contributed by atoms with Crippen molar-refractivity contribution >= 4 is 11.7 Å². The molecule has 21 heavy (non-hydrogen) atoms. The van der Waals surface area contributed by atoms with Gasteiger partial charge < -0.3 is 15.0 Å². The van der Waals surface area contributed by atoms with Crippen LogP contribution in [0, 0.1) is 5.21 Å². The Hall–Kier alpha value is -1.88. The quantitative estimate of drug-likeness (QED) is 0.579. The van der Waals surface area contributed by atoms with Crippen LogP contribution in [0.25, 0.3) is 0 Å². The van der Waals surface area contributed by atoms with Gasteiger partial charge in [0.15, 0.2) is 5.54 Å². The molecule has 5 nitrogen and oxygen atoms in total. The molecule has 0 amide bonds. The fraction of sp³-hybridized carbons (Fsp3) is 0.500. The first-order valence-electron chi connectivity index (χ1n) is 7.42. The van der Waals surface area contributed by atoms with Crippen LogP contribution >= 0.6 is 0 Å². The fourth-order valence-electron chi connectivity index (χ4n) is 2.88. The van der Waals surface area contributed by atoms with Crippen LogP contribution < -0.4 is 0 Å². The molecule has 0 unspecified atom stereocenters. The lowest BCUT2D eigenvalue weighted by atomic mass is 10.0. The van der Waals surface area contributed by atoms with Crippen molar-refractivity contribution in [3.8, 4) is 0 Å². The number of amidine groups is 2. The van der Waals surface area contributed by atoms with Crippen molar-refractivity contribution in [3.63, 3.8) is 0 Å². The average Bonchev–Trinajstić information content (AvgIpc) is 2.72. The minimum absolute atomic E-state index is 0.523. The SMILES string of the molecule is CN1CCN(C2=NC(c3ccccc3)=[N+]([O-])C2(C)C)CC1. The van der Waals surface area contributed by atoms with E-state index in [1.54, 1.807) is 0 Å². The lowest BCUT2D eigenvalue weighted by molar-refractivity contribution is -0.514. The molecule has 2 heterocycles. The van der Waals surface area contributed by atoms with Crippen LogP contribution in [0.5, 0.6) is 0 Å². The maximum absolute atomic E-state index is 12.7. The zero-order valence-corrected chi connectivity index (χ0v) is 12.9. The first-order chi connectivity index (χ1) is 10.00. The standard InChI is InChI=1S/C16H22N4O/c1-16(2)15(19-11-9-18(3)10-12-19)17-14(20(16)21)13-7-5-4-6-8-13/h4-8H,9-12H2,1-3H3. The Kier molecular flexibility index (Phi) is 3.45. The Bertz CT molecular complexity index is 584. The van der Waals surface area contributed by atoms with Gasteiger partial charge in [-0.25, -0.2) is 4.74 Å². The zero-order valence-electron chi connectivity index (χ0n) is 12.9. The van der Waals surface area contributed by atoms with Crippen LogP contribution in [0.4, 0.5) is 0 Å². The molecule has 1 aromatic rings. The second kappa shape index (κ2) is 5.15. The molecule has 0 radical (unpaired) electrons. The number of hydrogen-bond acceptors (Lipinski definition) is 4. The van der Waals surface area contributed by atoms with Gasteiger partial charge in [0.1, 0.15) is 0 Å². The van der Waals surface area contributed by atoms with E-state index in [0.717, 1.165) is 42.3 Å². The number of piperazine rings is 1. The maximum Gasteiger partial charge on any atom is 0.331 e. The summed E-state index contributed by atoms with van der Waals surface area (Å²) in [6.07, 6.45) is 0. The molecular weight excluding hydrogens is 264 g/mol. The third-order valence-electron chi connectivity index (χ3n) is 4.29. The van der Waals surface area contributed by atoms with Crippen molar-refractivity contribution in [3.05, 3.63) is 41.1 Å². The second-order valence-electron chi connectivity index (χ2n) is 6.27. The van der Waals surface area contributed by atoms with E-state index < -0.39 is 5.54 Å². The summed E-state index contributed by atoms with van der Waals surface area (Å²) < 4.78 is 1.05. The van der Waals surface area contributed by atoms with Crippen molar-refractivity contribution < 1.29 is 4.74 Å². The first-order valence-corrected chi connectivity index (χ1v) is 7.42. The number of likely N-dealkylation sites (N-methyl/N-ethyl adjacent to an activating group) is 1. The van der Waals surface area contributed by atoms with Gasteiger partial charge in [0.25, 0.3) is 5.84 Å². The highest BCUT2D eigenvalue weighted by molar-refractivity contribution is 6.09. The van der Waals surface area contributed by atoms with Crippen molar-refractivity contribution in [1.29, 1.82) is 0 Å². The van der Waals surface area contributed by atoms with E-state index in [4.69, 9.17) is 4.99 Å². The highest BCUT2D eigenvalue weighted by Crippen LogP contribution is 2.24. The molecule has 0 spiro atoms. The highest BCUT2D eigenvalue weighted by Gasteiger charge is 2.45. The number of rotatable bonds is 1. The van der Waals surface area contributed by atoms with Gasteiger partial charge >= 0.3 is 5.84 Å². The van der Waals surface area contributed by atoms with E-state index in [9.17, 15) is 5.21 Å². The van der Waals surface area contributed by atoms with E-state index in [1.165, 1.54) is 0 Å². The van der Waals surface area contributed by atoms with Gasteiger partial charge in [-0.3, -0.25) is 0 Å². The van der Waals surface area contributed by atoms with Crippen LogP contribution in [-0.2, 0) is 0 Å². The minimum atomic E-state index is -0.610. The normalized spacial score (nSPS) is 22.6. The Morgan fingerprint density at radius 2 is 1.71 bits per heavy atom. The minimum Gasteiger partial charge on any atom is -0.714 e. The van der Waals surface area contributed by atoms with E-state index in [2.05, 4.69) is 16.8 Å². The summed E-state index contributed by atoms with van der Waals surface area (Å²) in [6, 6.07) is 9.70. The van der Waals surface area contributed by atoms with E-state index in [0.29, 0.717) is 5.84 Å². The largest absolute Gasteiger partial charge is 0.714 e. The molecule has 0 saturated carbocycles. The van der Waals surface area contributed by atoms with E-state index in [1.807, 2.05) is 44.2 Å². The van der Waals surface area contributed by atoms with E-state index in [-0.39, 0.29) is 0 Å². The van der Waals surface area contributed by atoms with Gasteiger partial charge in [0.05, 0.1) is 5.56 Å². The lowest BCUT2D eigenvalue weighted by Crippen LogP contribution is -2.54. The molecule has 3 rings (SSSR count). The zero-order chi connectivity index (χ0) is 15.0. The summed E-state index contributed by atoms with van der Waals surface area (Å²) in [5, 5.41) is 12.7. The van der Waals surface area contributed by atoms with Gasteiger partial charge in [0.2, 0.25) is 0 Å².